The normalized spacial score (nSPS) is 14.7. The second-order valence-corrected chi connectivity index (χ2v) is 6.16. The zero-order chi connectivity index (χ0) is 17.2. The molecule has 7 nitrogen and oxygen atoms in total. The molecule has 0 spiro atoms. The van der Waals surface area contributed by atoms with Crippen LogP contribution in [0.4, 0.5) is 11.5 Å². The van der Waals surface area contributed by atoms with Crippen molar-refractivity contribution in [3.8, 4) is 0 Å². The molecular weight excluding hydrogens is 316 g/mol. The van der Waals surface area contributed by atoms with Crippen LogP contribution in [0.15, 0.2) is 42.9 Å². The summed E-state index contributed by atoms with van der Waals surface area (Å²) in [6.07, 6.45) is 5.31. The number of amides is 1. The Hall–Kier alpha value is -2.93. The number of fused-ring (bicyclic) bond motifs is 1. The number of carbonyl (C=O) groups excluding carboxylic acids is 1. The monoisotopic (exact) mass is 336 g/mol. The fourth-order valence-corrected chi connectivity index (χ4v) is 3.03. The van der Waals surface area contributed by atoms with E-state index in [-0.39, 0.29) is 5.91 Å². The van der Waals surface area contributed by atoms with Crippen molar-refractivity contribution in [2.45, 2.75) is 6.92 Å². The van der Waals surface area contributed by atoms with Crippen LogP contribution >= 0.6 is 0 Å². The SMILES string of the molecule is Cc1cn2cc(NC(=O)c3ccc(N4CCNCC4)cc3)ncc2n1. The zero-order valence-corrected chi connectivity index (χ0v) is 14.1. The summed E-state index contributed by atoms with van der Waals surface area (Å²) in [4.78, 5) is 23.3. The molecule has 1 amide bonds. The van der Waals surface area contributed by atoms with Crippen molar-refractivity contribution in [1.29, 1.82) is 0 Å². The Labute approximate surface area is 145 Å². The molecule has 7 heteroatoms. The topological polar surface area (TPSA) is 74.6 Å². The number of nitrogens with zero attached hydrogens (tertiary/aromatic N) is 4. The van der Waals surface area contributed by atoms with Crippen molar-refractivity contribution < 1.29 is 4.79 Å². The quantitative estimate of drug-likeness (QED) is 0.761. The van der Waals surface area contributed by atoms with Crippen molar-refractivity contribution in [3.05, 3.63) is 54.1 Å². The lowest BCUT2D eigenvalue weighted by atomic mass is 10.1. The number of piperazine rings is 1. The van der Waals surface area contributed by atoms with Gasteiger partial charge in [0.1, 0.15) is 5.82 Å². The molecule has 3 heterocycles. The summed E-state index contributed by atoms with van der Waals surface area (Å²) in [5.41, 5.74) is 3.43. The van der Waals surface area contributed by atoms with Crippen LogP contribution in [0.5, 0.6) is 0 Å². The van der Waals surface area contributed by atoms with E-state index < -0.39 is 0 Å². The molecule has 25 heavy (non-hydrogen) atoms. The Morgan fingerprint density at radius 1 is 1.16 bits per heavy atom. The van der Waals surface area contributed by atoms with Gasteiger partial charge >= 0.3 is 0 Å². The number of carbonyl (C=O) groups is 1. The van der Waals surface area contributed by atoms with E-state index in [0.29, 0.717) is 11.4 Å². The third-order valence-electron chi connectivity index (χ3n) is 4.32. The van der Waals surface area contributed by atoms with Gasteiger partial charge in [0.05, 0.1) is 18.1 Å². The molecule has 0 bridgehead atoms. The van der Waals surface area contributed by atoms with E-state index in [0.717, 1.165) is 43.2 Å². The molecule has 2 aromatic heterocycles. The molecule has 0 unspecified atom stereocenters. The van der Waals surface area contributed by atoms with E-state index >= 15 is 0 Å². The molecular formula is C18H20N6O. The van der Waals surface area contributed by atoms with E-state index in [1.807, 2.05) is 41.8 Å². The van der Waals surface area contributed by atoms with Crippen LogP contribution in [0.2, 0.25) is 0 Å². The third-order valence-corrected chi connectivity index (χ3v) is 4.32. The maximum Gasteiger partial charge on any atom is 0.256 e. The first-order chi connectivity index (χ1) is 12.2. The standard InChI is InChI=1S/C18H20N6O/c1-13-11-24-12-16(20-10-17(24)21-13)22-18(25)14-2-4-15(5-3-14)23-8-6-19-7-9-23/h2-5,10-12,19H,6-9H2,1H3,(H,22,25). The van der Waals surface area contributed by atoms with E-state index in [4.69, 9.17) is 0 Å². The van der Waals surface area contributed by atoms with E-state index in [2.05, 4.69) is 25.5 Å². The molecule has 2 N–H and O–H groups in total. The Morgan fingerprint density at radius 3 is 2.68 bits per heavy atom. The number of hydrogen-bond acceptors (Lipinski definition) is 5. The number of nitrogens with one attached hydrogen (secondary N) is 2. The predicted octanol–water partition coefficient (Wildman–Crippen LogP) is 1.70. The van der Waals surface area contributed by atoms with Gasteiger partial charge in [-0.25, -0.2) is 9.97 Å². The van der Waals surface area contributed by atoms with Crippen molar-refractivity contribution in [3.63, 3.8) is 0 Å². The highest BCUT2D eigenvalue weighted by atomic mass is 16.1. The minimum absolute atomic E-state index is 0.171. The molecule has 0 atom stereocenters. The number of rotatable bonds is 3. The summed E-state index contributed by atoms with van der Waals surface area (Å²) >= 11 is 0. The van der Waals surface area contributed by atoms with Crippen LogP contribution in [-0.2, 0) is 0 Å². The summed E-state index contributed by atoms with van der Waals surface area (Å²) in [5.74, 6) is 0.330. The molecule has 1 aromatic carbocycles. The molecule has 3 aromatic rings. The molecule has 1 aliphatic rings. The predicted molar refractivity (Wildman–Crippen MR) is 97.2 cm³/mol. The third kappa shape index (κ3) is 3.32. The van der Waals surface area contributed by atoms with Gasteiger partial charge in [-0.15, -0.1) is 0 Å². The number of aromatic nitrogens is 3. The highest BCUT2D eigenvalue weighted by Gasteiger charge is 2.12. The minimum atomic E-state index is -0.171. The Morgan fingerprint density at radius 2 is 1.92 bits per heavy atom. The number of aryl methyl sites for hydroxylation is 1. The molecule has 1 fully saturated rings. The molecule has 0 radical (unpaired) electrons. The van der Waals surface area contributed by atoms with E-state index in [9.17, 15) is 4.79 Å². The Bertz CT molecular complexity index is 896. The maximum atomic E-state index is 12.4. The maximum absolute atomic E-state index is 12.4. The first kappa shape index (κ1) is 15.6. The van der Waals surface area contributed by atoms with Crippen LogP contribution in [0.25, 0.3) is 5.65 Å². The summed E-state index contributed by atoms with van der Waals surface area (Å²) in [7, 11) is 0. The average Bonchev–Trinajstić information content (AvgIpc) is 3.02. The van der Waals surface area contributed by atoms with Crippen LogP contribution < -0.4 is 15.5 Å². The highest BCUT2D eigenvalue weighted by Crippen LogP contribution is 2.17. The molecule has 4 rings (SSSR count). The van der Waals surface area contributed by atoms with Crippen molar-refractivity contribution in [2.75, 3.05) is 36.4 Å². The van der Waals surface area contributed by atoms with Gasteiger partial charge in [0.2, 0.25) is 0 Å². The number of hydrogen-bond donors (Lipinski definition) is 2. The lowest BCUT2D eigenvalue weighted by molar-refractivity contribution is 0.102. The van der Waals surface area contributed by atoms with Gasteiger partial charge in [-0.2, -0.15) is 0 Å². The number of anilines is 2. The molecule has 0 saturated carbocycles. The van der Waals surface area contributed by atoms with Crippen molar-refractivity contribution >= 4 is 23.1 Å². The van der Waals surface area contributed by atoms with Crippen LogP contribution in [0, 0.1) is 6.92 Å². The second-order valence-electron chi connectivity index (χ2n) is 6.16. The van der Waals surface area contributed by atoms with E-state index in [1.54, 1.807) is 12.4 Å². The fraction of sp³-hybridized carbons (Fsp3) is 0.278. The Kier molecular flexibility index (Phi) is 4.07. The lowest BCUT2D eigenvalue weighted by Gasteiger charge is -2.29. The van der Waals surface area contributed by atoms with Crippen LogP contribution in [0.3, 0.4) is 0 Å². The van der Waals surface area contributed by atoms with Gasteiger partial charge < -0.3 is 19.9 Å². The van der Waals surface area contributed by atoms with E-state index in [1.165, 1.54) is 0 Å². The van der Waals surface area contributed by atoms with Gasteiger partial charge in [0.15, 0.2) is 5.65 Å². The summed E-state index contributed by atoms with van der Waals surface area (Å²) < 4.78 is 1.85. The van der Waals surface area contributed by atoms with Gasteiger partial charge in [0.25, 0.3) is 5.91 Å². The smallest absolute Gasteiger partial charge is 0.256 e. The first-order valence-electron chi connectivity index (χ1n) is 8.37. The highest BCUT2D eigenvalue weighted by molar-refractivity contribution is 6.03. The van der Waals surface area contributed by atoms with Gasteiger partial charge in [-0.05, 0) is 31.2 Å². The number of imidazole rings is 1. The zero-order valence-electron chi connectivity index (χ0n) is 14.1. The van der Waals surface area contributed by atoms with Gasteiger partial charge in [-0.1, -0.05) is 0 Å². The number of benzene rings is 1. The summed E-state index contributed by atoms with van der Waals surface area (Å²) in [5, 5.41) is 6.17. The summed E-state index contributed by atoms with van der Waals surface area (Å²) in [6, 6.07) is 7.70. The molecule has 128 valence electrons. The minimum Gasteiger partial charge on any atom is -0.369 e. The second kappa shape index (κ2) is 6.52. The van der Waals surface area contributed by atoms with Gasteiger partial charge in [-0.3, -0.25) is 4.79 Å². The molecule has 1 saturated heterocycles. The lowest BCUT2D eigenvalue weighted by Crippen LogP contribution is -2.43. The summed E-state index contributed by atoms with van der Waals surface area (Å²) in [6.45, 7) is 5.87. The van der Waals surface area contributed by atoms with Crippen LogP contribution in [0.1, 0.15) is 16.1 Å². The molecule has 1 aliphatic heterocycles. The largest absolute Gasteiger partial charge is 0.369 e. The average molecular weight is 336 g/mol. The first-order valence-corrected chi connectivity index (χ1v) is 8.37. The van der Waals surface area contributed by atoms with Crippen LogP contribution in [-0.4, -0.2) is 46.5 Å². The Balaban J connectivity index is 1.47. The fourth-order valence-electron chi connectivity index (χ4n) is 3.03. The van der Waals surface area contributed by atoms with Gasteiger partial charge in [0, 0.05) is 43.6 Å². The van der Waals surface area contributed by atoms with Crippen molar-refractivity contribution in [1.82, 2.24) is 19.7 Å². The molecule has 0 aliphatic carbocycles. The van der Waals surface area contributed by atoms with Crippen molar-refractivity contribution in [2.24, 2.45) is 0 Å².